The minimum atomic E-state index is -4.99. The maximum absolute atomic E-state index is 12.9. The normalized spacial score (nSPS) is 19.3. The Labute approximate surface area is 125 Å². The van der Waals surface area contributed by atoms with Crippen LogP contribution < -0.4 is 5.73 Å². The largest absolute Gasteiger partial charge is 0.471 e. The predicted molar refractivity (Wildman–Crippen MR) is 67.1 cm³/mol. The van der Waals surface area contributed by atoms with Crippen molar-refractivity contribution in [3.63, 3.8) is 0 Å². The number of nitrogens with zero attached hydrogens (tertiary/aromatic N) is 1. The van der Waals surface area contributed by atoms with Gasteiger partial charge in [0.25, 0.3) is 0 Å². The molecule has 10 heteroatoms. The van der Waals surface area contributed by atoms with Crippen molar-refractivity contribution in [1.29, 1.82) is 0 Å². The number of nitrogens with two attached hydrogens (primary N) is 1. The molecule has 1 saturated heterocycles. The summed E-state index contributed by atoms with van der Waals surface area (Å²) in [4.78, 5) is 10.9. The van der Waals surface area contributed by atoms with Gasteiger partial charge in [-0.1, -0.05) is 0 Å². The zero-order chi connectivity index (χ0) is 16.8. The van der Waals surface area contributed by atoms with Crippen LogP contribution in [-0.2, 0) is 16.5 Å². The zero-order valence-corrected chi connectivity index (χ0v) is 11.9. The minimum Gasteiger partial charge on any atom is -0.335 e. The number of amides is 1. The average molecular weight is 346 g/mol. The Bertz CT molecular complexity index is 557. The Morgan fingerprint density at radius 1 is 1.18 bits per heavy atom. The van der Waals surface area contributed by atoms with E-state index in [1.54, 1.807) is 0 Å². The Kier molecular flexibility index (Phi) is 4.20. The summed E-state index contributed by atoms with van der Waals surface area (Å²) in [6.45, 7) is -0.663. The molecule has 2 rings (SSSR count). The van der Waals surface area contributed by atoms with E-state index in [2.05, 4.69) is 0 Å². The molecule has 1 aromatic rings. The first-order chi connectivity index (χ1) is 9.95. The lowest BCUT2D eigenvalue weighted by atomic mass is 9.82. The van der Waals surface area contributed by atoms with Gasteiger partial charge in [0.15, 0.2) is 0 Å². The summed E-state index contributed by atoms with van der Waals surface area (Å²) in [7, 11) is 0. The molecule has 124 valence electrons. The summed E-state index contributed by atoms with van der Waals surface area (Å²) in [6.07, 6.45) is -9.87. The third-order valence-corrected chi connectivity index (χ3v) is 4.60. The lowest BCUT2D eigenvalue weighted by molar-refractivity contribution is -0.187. The average Bonchev–Trinajstić information content (AvgIpc) is 2.87. The highest BCUT2D eigenvalue weighted by molar-refractivity contribution is 7.10. The Balaban J connectivity index is 2.17. The molecule has 0 spiro atoms. The van der Waals surface area contributed by atoms with Gasteiger partial charge >= 0.3 is 18.3 Å². The smallest absolute Gasteiger partial charge is 0.335 e. The van der Waals surface area contributed by atoms with E-state index >= 15 is 0 Å². The third-order valence-electron chi connectivity index (χ3n) is 3.64. The van der Waals surface area contributed by atoms with Gasteiger partial charge in [0.2, 0.25) is 0 Å². The molecule has 0 saturated carbocycles. The highest BCUT2D eigenvalue weighted by Gasteiger charge is 2.47. The van der Waals surface area contributed by atoms with Crippen molar-refractivity contribution in [2.24, 2.45) is 5.73 Å². The first-order valence-corrected chi connectivity index (χ1v) is 7.13. The number of piperidine rings is 1. The van der Waals surface area contributed by atoms with Gasteiger partial charge in [0.05, 0.1) is 0 Å². The van der Waals surface area contributed by atoms with Gasteiger partial charge < -0.3 is 10.6 Å². The summed E-state index contributed by atoms with van der Waals surface area (Å²) >= 11 is 0.494. The van der Waals surface area contributed by atoms with Crippen molar-refractivity contribution in [1.82, 2.24) is 4.90 Å². The van der Waals surface area contributed by atoms with E-state index in [-0.39, 0.29) is 31.5 Å². The molecule has 1 aliphatic rings. The predicted octanol–water partition coefficient (Wildman–Crippen LogP) is 3.11. The SMILES string of the molecule is NC1(c2ccsc2C(F)(F)F)CCN(C(=O)C(F)(F)F)CC1. The standard InChI is InChI=1S/C12H12F6N2OS/c13-11(14,15)8-7(1-6-22-8)10(19)2-4-20(5-3-10)9(21)12(16,17)18/h1,6H,2-5,19H2. The van der Waals surface area contributed by atoms with Crippen LogP contribution in [0.5, 0.6) is 0 Å². The second-order valence-electron chi connectivity index (χ2n) is 5.11. The third kappa shape index (κ3) is 3.22. The monoisotopic (exact) mass is 346 g/mol. The number of carbonyl (C=O) groups excluding carboxylic acids is 1. The minimum absolute atomic E-state index is 0.121. The van der Waals surface area contributed by atoms with Crippen LogP contribution in [0.4, 0.5) is 26.3 Å². The van der Waals surface area contributed by atoms with E-state index in [0.29, 0.717) is 16.2 Å². The second kappa shape index (κ2) is 5.41. The summed E-state index contributed by atoms with van der Waals surface area (Å²) in [5, 5.41) is 1.25. The Hall–Kier alpha value is -1.29. The van der Waals surface area contributed by atoms with Gasteiger partial charge in [0, 0.05) is 18.6 Å². The molecular weight excluding hydrogens is 334 g/mol. The van der Waals surface area contributed by atoms with Crippen LogP contribution in [0.25, 0.3) is 0 Å². The molecule has 1 aromatic heterocycles. The van der Waals surface area contributed by atoms with Gasteiger partial charge in [-0.3, -0.25) is 4.79 Å². The van der Waals surface area contributed by atoms with Gasteiger partial charge in [-0.25, -0.2) is 0 Å². The molecule has 22 heavy (non-hydrogen) atoms. The van der Waals surface area contributed by atoms with Gasteiger partial charge in [0.1, 0.15) is 4.88 Å². The molecule has 2 heterocycles. The van der Waals surface area contributed by atoms with E-state index in [1.807, 2.05) is 0 Å². The first-order valence-electron chi connectivity index (χ1n) is 6.25. The van der Waals surface area contributed by atoms with Gasteiger partial charge in [-0.05, 0) is 29.9 Å². The summed E-state index contributed by atoms with van der Waals surface area (Å²) in [6, 6.07) is 1.24. The lowest BCUT2D eigenvalue weighted by Gasteiger charge is -2.39. The van der Waals surface area contributed by atoms with Crippen LogP contribution in [0.2, 0.25) is 0 Å². The van der Waals surface area contributed by atoms with Crippen LogP contribution in [0.1, 0.15) is 23.3 Å². The molecule has 0 unspecified atom stereocenters. The Morgan fingerprint density at radius 2 is 1.73 bits per heavy atom. The summed E-state index contributed by atoms with van der Waals surface area (Å²) < 4.78 is 75.8. The molecule has 0 atom stereocenters. The maximum atomic E-state index is 12.9. The number of hydrogen-bond acceptors (Lipinski definition) is 3. The maximum Gasteiger partial charge on any atom is 0.471 e. The number of alkyl halides is 6. The fourth-order valence-electron chi connectivity index (χ4n) is 2.48. The van der Waals surface area contributed by atoms with Gasteiger partial charge in [-0.15, -0.1) is 11.3 Å². The van der Waals surface area contributed by atoms with Crippen LogP contribution in [-0.4, -0.2) is 30.1 Å². The molecule has 1 fully saturated rings. The molecule has 0 aliphatic carbocycles. The number of hydrogen-bond donors (Lipinski definition) is 1. The van der Waals surface area contributed by atoms with Gasteiger partial charge in [-0.2, -0.15) is 26.3 Å². The molecule has 0 bridgehead atoms. The quantitative estimate of drug-likeness (QED) is 0.795. The highest BCUT2D eigenvalue weighted by atomic mass is 32.1. The molecule has 0 radical (unpaired) electrons. The van der Waals surface area contributed by atoms with E-state index in [9.17, 15) is 31.1 Å². The summed E-state index contributed by atoms with van der Waals surface area (Å²) in [5.74, 6) is -1.99. The zero-order valence-electron chi connectivity index (χ0n) is 11.1. The molecule has 1 amide bonds. The molecule has 1 aliphatic heterocycles. The van der Waals surface area contributed by atoms with Crippen LogP contribution in [0.3, 0.4) is 0 Å². The van der Waals surface area contributed by atoms with E-state index < -0.39 is 28.7 Å². The summed E-state index contributed by atoms with van der Waals surface area (Å²) in [5.41, 5.74) is 4.48. The van der Waals surface area contributed by atoms with Crippen molar-refractivity contribution in [2.45, 2.75) is 30.7 Å². The van der Waals surface area contributed by atoms with Crippen LogP contribution >= 0.6 is 11.3 Å². The van der Waals surface area contributed by atoms with E-state index in [1.165, 1.54) is 11.4 Å². The fourth-order valence-corrected chi connectivity index (χ4v) is 3.35. The topological polar surface area (TPSA) is 46.3 Å². The van der Waals surface area contributed by atoms with E-state index in [4.69, 9.17) is 5.73 Å². The van der Waals surface area contributed by atoms with Crippen molar-refractivity contribution >= 4 is 17.2 Å². The lowest BCUT2D eigenvalue weighted by Crippen LogP contribution is -2.52. The molecule has 0 aromatic carbocycles. The molecule has 2 N–H and O–H groups in total. The highest BCUT2D eigenvalue weighted by Crippen LogP contribution is 2.43. The number of rotatable bonds is 1. The molecule has 3 nitrogen and oxygen atoms in total. The molecular formula is C12H12F6N2OS. The first kappa shape index (κ1) is 17.1. The van der Waals surface area contributed by atoms with Crippen molar-refractivity contribution < 1.29 is 31.1 Å². The number of thiophene rings is 1. The van der Waals surface area contributed by atoms with Crippen LogP contribution in [0.15, 0.2) is 11.4 Å². The van der Waals surface area contributed by atoms with Crippen molar-refractivity contribution in [3.8, 4) is 0 Å². The van der Waals surface area contributed by atoms with Crippen molar-refractivity contribution in [2.75, 3.05) is 13.1 Å². The number of halogens is 6. The number of carbonyl (C=O) groups is 1. The number of likely N-dealkylation sites (tertiary alicyclic amines) is 1. The van der Waals surface area contributed by atoms with E-state index in [0.717, 1.165) is 0 Å². The Morgan fingerprint density at radius 3 is 2.18 bits per heavy atom. The second-order valence-corrected chi connectivity index (χ2v) is 6.02. The van der Waals surface area contributed by atoms with Crippen molar-refractivity contribution in [3.05, 3.63) is 21.9 Å². The van der Waals surface area contributed by atoms with Crippen LogP contribution in [0, 0.1) is 0 Å². The fraction of sp³-hybridized carbons (Fsp3) is 0.583.